The molecule has 1 amide bonds. The molecule has 0 aliphatic rings. The Bertz CT molecular complexity index is 870. The Labute approximate surface area is 166 Å². The summed E-state index contributed by atoms with van der Waals surface area (Å²) in [5, 5.41) is 12.1. The predicted octanol–water partition coefficient (Wildman–Crippen LogP) is 4.63. The topological polar surface area (TPSA) is 71.3 Å². The molecule has 0 aliphatic heterocycles. The zero-order valence-electron chi connectivity index (χ0n) is 14.7. The number of hydrogen-bond acceptors (Lipinski definition) is 4. The first-order valence-corrected chi connectivity index (χ1v) is 9.04. The fourth-order valence-electron chi connectivity index (χ4n) is 2.21. The number of nitrogens with one attached hydrogen (secondary N) is 1. The Hall–Kier alpha value is -2.53. The molecule has 0 spiro atoms. The Morgan fingerprint density at radius 2 is 2.04 bits per heavy atom. The molecule has 2 aromatic carbocycles. The van der Waals surface area contributed by atoms with Crippen molar-refractivity contribution in [1.29, 1.82) is 5.26 Å². The SMILES string of the molecule is COc1ccc(/C=C(/C#N)C(=O)Nc2cccc(OC(C)C)c2)cc1I. The lowest BCUT2D eigenvalue weighted by molar-refractivity contribution is -0.112. The third-order valence-electron chi connectivity index (χ3n) is 3.32. The number of hydrogen-bond donors (Lipinski definition) is 1. The number of methoxy groups -OCH3 is 1. The number of rotatable bonds is 6. The number of amides is 1. The molecule has 0 saturated carbocycles. The summed E-state index contributed by atoms with van der Waals surface area (Å²) < 4.78 is 11.7. The van der Waals surface area contributed by atoms with Crippen molar-refractivity contribution in [2.24, 2.45) is 0 Å². The third kappa shape index (κ3) is 5.49. The van der Waals surface area contributed by atoms with Gasteiger partial charge in [0.15, 0.2) is 0 Å². The Kier molecular flexibility index (Phi) is 7.04. The highest BCUT2D eigenvalue weighted by Crippen LogP contribution is 2.23. The summed E-state index contributed by atoms with van der Waals surface area (Å²) in [6.45, 7) is 3.86. The van der Waals surface area contributed by atoms with E-state index in [0.717, 1.165) is 14.9 Å². The van der Waals surface area contributed by atoms with E-state index in [2.05, 4.69) is 27.9 Å². The zero-order valence-corrected chi connectivity index (χ0v) is 16.9. The van der Waals surface area contributed by atoms with Crippen LogP contribution >= 0.6 is 22.6 Å². The van der Waals surface area contributed by atoms with Gasteiger partial charge in [0.2, 0.25) is 0 Å². The smallest absolute Gasteiger partial charge is 0.266 e. The van der Waals surface area contributed by atoms with E-state index in [0.29, 0.717) is 11.4 Å². The van der Waals surface area contributed by atoms with E-state index in [4.69, 9.17) is 9.47 Å². The molecule has 0 heterocycles. The van der Waals surface area contributed by atoms with Crippen LogP contribution in [-0.4, -0.2) is 19.1 Å². The number of anilines is 1. The maximum atomic E-state index is 12.4. The van der Waals surface area contributed by atoms with Gasteiger partial charge in [-0.25, -0.2) is 0 Å². The van der Waals surface area contributed by atoms with Crippen LogP contribution in [-0.2, 0) is 4.79 Å². The second-order valence-electron chi connectivity index (χ2n) is 5.71. The molecular formula is C20H19IN2O3. The van der Waals surface area contributed by atoms with Crippen molar-refractivity contribution in [1.82, 2.24) is 0 Å². The fourth-order valence-corrected chi connectivity index (χ4v) is 2.97. The lowest BCUT2D eigenvalue weighted by Crippen LogP contribution is -2.13. The first-order chi connectivity index (χ1) is 12.4. The van der Waals surface area contributed by atoms with Crippen molar-refractivity contribution >= 4 is 40.3 Å². The molecule has 0 radical (unpaired) electrons. The van der Waals surface area contributed by atoms with Gasteiger partial charge in [0.1, 0.15) is 23.1 Å². The molecule has 26 heavy (non-hydrogen) atoms. The molecule has 5 nitrogen and oxygen atoms in total. The maximum Gasteiger partial charge on any atom is 0.266 e. The molecule has 2 aromatic rings. The summed E-state index contributed by atoms with van der Waals surface area (Å²) in [7, 11) is 1.60. The number of ether oxygens (including phenoxy) is 2. The van der Waals surface area contributed by atoms with Gasteiger partial charge in [0, 0.05) is 11.8 Å². The molecule has 1 N–H and O–H groups in total. The van der Waals surface area contributed by atoms with E-state index in [1.165, 1.54) is 0 Å². The van der Waals surface area contributed by atoms with Gasteiger partial charge in [-0.2, -0.15) is 5.26 Å². The van der Waals surface area contributed by atoms with E-state index in [-0.39, 0.29) is 11.7 Å². The first kappa shape index (κ1) is 19.8. The molecule has 134 valence electrons. The minimum Gasteiger partial charge on any atom is -0.496 e. The summed E-state index contributed by atoms with van der Waals surface area (Å²) in [6.07, 6.45) is 1.58. The predicted molar refractivity (Wildman–Crippen MR) is 110 cm³/mol. The number of halogens is 1. The minimum absolute atomic E-state index is 0.0150. The molecular weight excluding hydrogens is 443 g/mol. The number of carbonyl (C=O) groups is 1. The summed E-state index contributed by atoms with van der Waals surface area (Å²) in [5.41, 5.74) is 1.33. The van der Waals surface area contributed by atoms with Crippen LogP contribution in [0.5, 0.6) is 11.5 Å². The molecule has 0 unspecified atom stereocenters. The van der Waals surface area contributed by atoms with Gasteiger partial charge in [-0.3, -0.25) is 4.79 Å². The van der Waals surface area contributed by atoms with E-state index < -0.39 is 5.91 Å². The van der Waals surface area contributed by atoms with Crippen molar-refractivity contribution in [3.05, 3.63) is 57.2 Å². The van der Waals surface area contributed by atoms with Gasteiger partial charge < -0.3 is 14.8 Å². The molecule has 0 aliphatic carbocycles. The van der Waals surface area contributed by atoms with Gasteiger partial charge in [-0.15, -0.1) is 0 Å². The van der Waals surface area contributed by atoms with E-state index in [1.54, 1.807) is 43.5 Å². The van der Waals surface area contributed by atoms with Gasteiger partial charge in [0.25, 0.3) is 5.91 Å². The van der Waals surface area contributed by atoms with Gasteiger partial charge in [-0.05, 0) is 72.3 Å². The van der Waals surface area contributed by atoms with Crippen LogP contribution in [0.2, 0.25) is 0 Å². The minimum atomic E-state index is -0.472. The average molecular weight is 462 g/mol. The second kappa shape index (κ2) is 9.25. The Morgan fingerprint density at radius 3 is 2.65 bits per heavy atom. The number of nitrogens with zero attached hydrogens (tertiary/aromatic N) is 1. The van der Waals surface area contributed by atoms with Gasteiger partial charge in [0.05, 0.1) is 16.8 Å². The molecule has 0 fully saturated rings. The second-order valence-corrected chi connectivity index (χ2v) is 6.87. The first-order valence-electron chi connectivity index (χ1n) is 7.96. The van der Waals surface area contributed by atoms with Crippen LogP contribution in [0.15, 0.2) is 48.0 Å². The molecule has 0 bridgehead atoms. The van der Waals surface area contributed by atoms with Crippen LogP contribution in [0.1, 0.15) is 19.4 Å². The quantitative estimate of drug-likeness (QED) is 0.386. The van der Waals surface area contributed by atoms with Crippen LogP contribution < -0.4 is 14.8 Å². The van der Waals surface area contributed by atoms with Crippen LogP contribution in [0, 0.1) is 14.9 Å². The summed E-state index contributed by atoms with van der Waals surface area (Å²) in [4.78, 5) is 12.4. The summed E-state index contributed by atoms with van der Waals surface area (Å²) >= 11 is 2.14. The van der Waals surface area contributed by atoms with Crippen molar-refractivity contribution in [3.8, 4) is 17.6 Å². The highest BCUT2D eigenvalue weighted by molar-refractivity contribution is 14.1. The van der Waals surface area contributed by atoms with Crippen molar-refractivity contribution < 1.29 is 14.3 Å². The molecule has 0 atom stereocenters. The highest BCUT2D eigenvalue weighted by Gasteiger charge is 2.11. The lowest BCUT2D eigenvalue weighted by Gasteiger charge is -2.11. The molecule has 2 rings (SSSR count). The Morgan fingerprint density at radius 1 is 1.27 bits per heavy atom. The average Bonchev–Trinajstić information content (AvgIpc) is 2.59. The number of benzene rings is 2. The summed E-state index contributed by atoms with van der Waals surface area (Å²) in [6, 6.07) is 14.5. The van der Waals surface area contributed by atoms with Crippen molar-refractivity contribution in [2.45, 2.75) is 20.0 Å². The van der Waals surface area contributed by atoms with Crippen LogP contribution in [0.3, 0.4) is 0 Å². The fraction of sp³-hybridized carbons (Fsp3) is 0.200. The molecule has 0 saturated heterocycles. The standard InChI is InChI=1S/C20H19IN2O3/c1-13(2)26-17-6-4-5-16(11-17)23-20(24)15(12-22)9-14-7-8-19(25-3)18(21)10-14/h4-11,13H,1-3H3,(H,23,24)/b15-9-. The van der Waals surface area contributed by atoms with E-state index in [9.17, 15) is 10.1 Å². The Balaban J connectivity index is 2.19. The van der Waals surface area contributed by atoms with Crippen molar-refractivity contribution in [2.75, 3.05) is 12.4 Å². The third-order valence-corrected chi connectivity index (χ3v) is 4.16. The highest BCUT2D eigenvalue weighted by atomic mass is 127. The van der Waals surface area contributed by atoms with Crippen molar-refractivity contribution in [3.63, 3.8) is 0 Å². The van der Waals surface area contributed by atoms with E-state index >= 15 is 0 Å². The molecule has 6 heteroatoms. The largest absolute Gasteiger partial charge is 0.496 e. The number of carbonyl (C=O) groups excluding carboxylic acids is 1. The van der Waals surface area contributed by atoms with Gasteiger partial charge >= 0.3 is 0 Å². The van der Waals surface area contributed by atoms with E-state index in [1.807, 2.05) is 32.0 Å². The number of nitriles is 1. The zero-order chi connectivity index (χ0) is 19.1. The van der Waals surface area contributed by atoms with Crippen LogP contribution in [0.4, 0.5) is 5.69 Å². The summed E-state index contributed by atoms with van der Waals surface area (Å²) in [5.74, 6) is 0.928. The lowest BCUT2D eigenvalue weighted by atomic mass is 10.1. The van der Waals surface area contributed by atoms with Gasteiger partial charge in [-0.1, -0.05) is 12.1 Å². The van der Waals surface area contributed by atoms with Crippen LogP contribution in [0.25, 0.3) is 6.08 Å². The normalized spacial score (nSPS) is 11.0. The molecule has 0 aromatic heterocycles. The maximum absolute atomic E-state index is 12.4. The monoisotopic (exact) mass is 462 g/mol.